The Balaban J connectivity index is 2.30. The molecule has 0 bridgehead atoms. The number of halogens is 2. The number of hydrogen-bond donors (Lipinski definition) is 2. The fraction of sp³-hybridized carbons (Fsp3) is 0.250. The van der Waals surface area contributed by atoms with Crippen molar-refractivity contribution in [2.24, 2.45) is 5.92 Å². The third kappa shape index (κ3) is 3.38. The summed E-state index contributed by atoms with van der Waals surface area (Å²) in [5.41, 5.74) is 1.99. The summed E-state index contributed by atoms with van der Waals surface area (Å²) in [6.07, 6.45) is 0. The third-order valence-electron chi connectivity index (χ3n) is 3.16. The van der Waals surface area contributed by atoms with Gasteiger partial charge in [0.1, 0.15) is 0 Å². The smallest absolute Gasteiger partial charge is 0.152 e. The molecule has 2 nitrogen and oxygen atoms in total. The zero-order valence-electron chi connectivity index (χ0n) is 11.4. The molecule has 0 saturated carbocycles. The van der Waals surface area contributed by atoms with Crippen LogP contribution in [0.25, 0.3) is 0 Å². The third-order valence-corrected chi connectivity index (χ3v) is 3.74. The van der Waals surface area contributed by atoms with E-state index >= 15 is 0 Å². The first-order chi connectivity index (χ1) is 9.49. The Morgan fingerprint density at radius 2 is 1.55 bits per heavy atom. The number of aromatic hydroxyl groups is 1. The lowest BCUT2D eigenvalue weighted by Crippen LogP contribution is -2.16. The second kappa shape index (κ2) is 6.38. The van der Waals surface area contributed by atoms with Crippen LogP contribution >= 0.6 is 23.2 Å². The van der Waals surface area contributed by atoms with Gasteiger partial charge in [-0.15, -0.1) is 0 Å². The first-order valence-electron chi connectivity index (χ1n) is 6.48. The summed E-state index contributed by atoms with van der Waals surface area (Å²) < 4.78 is 0. The van der Waals surface area contributed by atoms with E-state index in [1.807, 2.05) is 18.2 Å². The molecule has 0 saturated heterocycles. The molecule has 106 valence electrons. The van der Waals surface area contributed by atoms with Crippen LogP contribution in [-0.2, 0) is 0 Å². The van der Waals surface area contributed by atoms with Crippen LogP contribution in [0.3, 0.4) is 0 Å². The molecule has 0 fully saturated rings. The van der Waals surface area contributed by atoms with Gasteiger partial charge in [-0.2, -0.15) is 0 Å². The molecule has 4 heteroatoms. The number of benzene rings is 2. The van der Waals surface area contributed by atoms with Gasteiger partial charge < -0.3 is 10.4 Å². The van der Waals surface area contributed by atoms with Gasteiger partial charge in [0.25, 0.3) is 0 Å². The Hall–Kier alpha value is -1.38. The summed E-state index contributed by atoms with van der Waals surface area (Å²) in [7, 11) is 0. The average Bonchev–Trinajstić information content (AvgIpc) is 2.42. The maximum absolute atomic E-state index is 9.60. The predicted octanol–water partition coefficient (Wildman–Crippen LogP) is 5.51. The minimum atomic E-state index is -0.0836. The molecule has 0 spiro atoms. The van der Waals surface area contributed by atoms with Gasteiger partial charge in [-0.1, -0.05) is 67.4 Å². The fourth-order valence-electron chi connectivity index (χ4n) is 2.12. The van der Waals surface area contributed by atoms with Crippen molar-refractivity contribution in [1.29, 1.82) is 0 Å². The normalized spacial score (nSPS) is 12.4. The summed E-state index contributed by atoms with van der Waals surface area (Å²) in [5.74, 6) is 0.309. The molecule has 0 radical (unpaired) electrons. The highest BCUT2D eigenvalue weighted by atomic mass is 35.5. The second-order valence-corrected chi connectivity index (χ2v) is 5.88. The maximum atomic E-state index is 9.60. The largest absolute Gasteiger partial charge is 0.505 e. The van der Waals surface area contributed by atoms with E-state index in [0.29, 0.717) is 5.92 Å². The van der Waals surface area contributed by atoms with E-state index in [2.05, 4.69) is 31.3 Å². The standard InChI is InChI=1S/C16H17Cl2NO/c1-10(2)15(11-6-4-3-5-7-11)19-12-8-13(17)16(20)14(18)9-12/h3-10,15,19-20H,1-2H3. The molecular formula is C16H17Cl2NO. The number of phenolic OH excluding ortho intramolecular Hbond substituents is 1. The summed E-state index contributed by atoms with van der Waals surface area (Å²) in [6, 6.07) is 13.7. The topological polar surface area (TPSA) is 32.3 Å². The molecule has 2 N–H and O–H groups in total. The summed E-state index contributed by atoms with van der Waals surface area (Å²) in [6.45, 7) is 4.29. The van der Waals surface area contributed by atoms with Crippen LogP contribution < -0.4 is 5.32 Å². The van der Waals surface area contributed by atoms with Gasteiger partial charge in [-0.25, -0.2) is 0 Å². The SMILES string of the molecule is CC(C)C(Nc1cc(Cl)c(O)c(Cl)c1)c1ccccc1. The quantitative estimate of drug-likeness (QED) is 0.730. The molecule has 2 aromatic rings. The Morgan fingerprint density at radius 1 is 1.00 bits per heavy atom. The highest BCUT2D eigenvalue weighted by Crippen LogP contribution is 2.36. The van der Waals surface area contributed by atoms with Crippen molar-refractivity contribution in [1.82, 2.24) is 0 Å². The van der Waals surface area contributed by atoms with Crippen molar-refractivity contribution in [2.75, 3.05) is 5.32 Å². The minimum absolute atomic E-state index is 0.0836. The molecule has 2 aromatic carbocycles. The van der Waals surface area contributed by atoms with Crippen LogP contribution in [0, 0.1) is 5.92 Å². The van der Waals surface area contributed by atoms with Gasteiger partial charge >= 0.3 is 0 Å². The van der Waals surface area contributed by atoms with Crippen molar-refractivity contribution < 1.29 is 5.11 Å². The van der Waals surface area contributed by atoms with Gasteiger partial charge in [-0.3, -0.25) is 0 Å². The van der Waals surface area contributed by atoms with Crippen molar-refractivity contribution >= 4 is 28.9 Å². The van der Waals surface area contributed by atoms with Gasteiger partial charge in [0.15, 0.2) is 5.75 Å². The maximum Gasteiger partial charge on any atom is 0.152 e. The van der Waals surface area contributed by atoms with Gasteiger partial charge in [0.05, 0.1) is 16.1 Å². The minimum Gasteiger partial charge on any atom is -0.505 e. The Bertz CT molecular complexity index is 561. The monoisotopic (exact) mass is 309 g/mol. The van der Waals surface area contributed by atoms with E-state index in [9.17, 15) is 5.11 Å². The van der Waals surface area contributed by atoms with E-state index in [4.69, 9.17) is 23.2 Å². The zero-order chi connectivity index (χ0) is 14.7. The van der Waals surface area contributed by atoms with Crippen LogP contribution in [0.15, 0.2) is 42.5 Å². The lowest BCUT2D eigenvalue weighted by Gasteiger charge is -2.24. The van der Waals surface area contributed by atoms with Crippen LogP contribution in [-0.4, -0.2) is 5.11 Å². The van der Waals surface area contributed by atoms with Crippen LogP contribution in [0.1, 0.15) is 25.5 Å². The predicted molar refractivity (Wildman–Crippen MR) is 85.8 cm³/mol. The molecule has 1 unspecified atom stereocenters. The van der Waals surface area contributed by atoms with Crippen LogP contribution in [0.2, 0.25) is 10.0 Å². The highest BCUT2D eigenvalue weighted by molar-refractivity contribution is 6.37. The number of rotatable bonds is 4. The molecule has 20 heavy (non-hydrogen) atoms. The van der Waals surface area contributed by atoms with Gasteiger partial charge in [0, 0.05) is 5.69 Å². The summed E-state index contributed by atoms with van der Waals surface area (Å²) in [4.78, 5) is 0. The molecule has 0 aliphatic rings. The van der Waals surface area contributed by atoms with E-state index in [0.717, 1.165) is 5.69 Å². The molecule has 0 amide bonds. The Kier molecular flexibility index (Phi) is 4.79. The van der Waals surface area contributed by atoms with E-state index in [1.54, 1.807) is 12.1 Å². The summed E-state index contributed by atoms with van der Waals surface area (Å²) >= 11 is 11.9. The second-order valence-electron chi connectivity index (χ2n) is 5.07. The van der Waals surface area contributed by atoms with Crippen LogP contribution in [0.4, 0.5) is 5.69 Å². The lowest BCUT2D eigenvalue weighted by atomic mass is 9.96. The van der Waals surface area contributed by atoms with E-state index in [1.165, 1.54) is 5.56 Å². The molecule has 0 heterocycles. The lowest BCUT2D eigenvalue weighted by molar-refractivity contribution is 0.476. The van der Waals surface area contributed by atoms with Crippen molar-refractivity contribution in [3.8, 4) is 5.75 Å². The van der Waals surface area contributed by atoms with Gasteiger partial charge in [-0.05, 0) is 23.6 Å². The van der Waals surface area contributed by atoms with Crippen molar-refractivity contribution in [3.63, 3.8) is 0 Å². The molecule has 0 aromatic heterocycles. The highest BCUT2D eigenvalue weighted by Gasteiger charge is 2.16. The van der Waals surface area contributed by atoms with Crippen LogP contribution in [0.5, 0.6) is 5.75 Å². The summed E-state index contributed by atoms with van der Waals surface area (Å²) in [5, 5.41) is 13.5. The van der Waals surface area contributed by atoms with Crippen molar-refractivity contribution in [2.45, 2.75) is 19.9 Å². The Labute approximate surface area is 129 Å². The number of nitrogens with one attached hydrogen (secondary N) is 1. The molecule has 0 aliphatic heterocycles. The van der Waals surface area contributed by atoms with E-state index < -0.39 is 0 Å². The molecule has 1 atom stereocenters. The fourth-order valence-corrected chi connectivity index (χ4v) is 2.61. The van der Waals surface area contributed by atoms with Crippen molar-refractivity contribution in [3.05, 3.63) is 58.1 Å². The first kappa shape index (κ1) is 15.0. The molecular weight excluding hydrogens is 293 g/mol. The number of anilines is 1. The first-order valence-corrected chi connectivity index (χ1v) is 7.24. The number of hydrogen-bond acceptors (Lipinski definition) is 2. The number of phenols is 1. The zero-order valence-corrected chi connectivity index (χ0v) is 12.9. The Morgan fingerprint density at radius 3 is 2.05 bits per heavy atom. The molecule has 0 aliphatic carbocycles. The average molecular weight is 310 g/mol. The molecule has 2 rings (SSSR count). The van der Waals surface area contributed by atoms with Gasteiger partial charge in [0.2, 0.25) is 0 Å². The van der Waals surface area contributed by atoms with E-state index in [-0.39, 0.29) is 21.8 Å².